The highest BCUT2D eigenvalue weighted by molar-refractivity contribution is 7.92. The molecule has 1 amide bonds. The summed E-state index contributed by atoms with van der Waals surface area (Å²) in [6.45, 7) is 5.43. The Labute approximate surface area is 167 Å². The number of benzene rings is 2. The third kappa shape index (κ3) is 4.10. The molecule has 0 aliphatic carbocycles. The maximum atomic E-state index is 12.8. The summed E-state index contributed by atoms with van der Waals surface area (Å²) in [6, 6.07) is 8.43. The summed E-state index contributed by atoms with van der Waals surface area (Å²) in [5.74, 6) is 0.276. The van der Waals surface area contributed by atoms with E-state index in [1.54, 1.807) is 38.1 Å². The van der Waals surface area contributed by atoms with Crippen LogP contribution in [0.25, 0.3) is 10.2 Å². The van der Waals surface area contributed by atoms with Crippen molar-refractivity contribution < 1.29 is 17.9 Å². The Kier molecular flexibility index (Phi) is 5.57. The Morgan fingerprint density at radius 2 is 1.96 bits per heavy atom. The van der Waals surface area contributed by atoms with E-state index >= 15 is 0 Å². The molecule has 1 heterocycles. The molecule has 0 saturated heterocycles. The van der Waals surface area contributed by atoms with Crippen molar-refractivity contribution in [1.29, 1.82) is 0 Å². The number of carbonyl (C=O) groups excluding carboxylic acids is 1. The van der Waals surface area contributed by atoms with Gasteiger partial charge in [-0.3, -0.25) is 9.52 Å². The van der Waals surface area contributed by atoms with Crippen molar-refractivity contribution in [2.45, 2.75) is 32.1 Å². The standard InChI is InChI=1S/C19H21N3O4S2/c1-5-17(23)20-19-21-18-14(26-4)9-13(10-15(18)27-19)22-28(24,25)16-7-6-11(2)8-12(16)3/h6-10,22H,5H2,1-4H3,(H,20,21,23). The molecule has 2 aromatic carbocycles. The molecule has 0 radical (unpaired) electrons. The van der Waals surface area contributed by atoms with Crippen LogP contribution in [0, 0.1) is 13.8 Å². The van der Waals surface area contributed by atoms with Crippen LogP contribution in [0.1, 0.15) is 24.5 Å². The summed E-state index contributed by atoms with van der Waals surface area (Å²) in [5, 5.41) is 3.15. The van der Waals surface area contributed by atoms with Crippen molar-refractivity contribution in [2.75, 3.05) is 17.1 Å². The van der Waals surface area contributed by atoms with Gasteiger partial charge in [-0.05, 0) is 31.5 Å². The summed E-state index contributed by atoms with van der Waals surface area (Å²) in [7, 11) is -2.27. The minimum atomic E-state index is -3.76. The first-order chi connectivity index (χ1) is 13.2. The number of nitrogens with one attached hydrogen (secondary N) is 2. The van der Waals surface area contributed by atoms with Crippen LogP contribution in [0.4, 0.5) is 10.8 Å². The predicted octanol–water partition coefficient (Wildman–Crippen LogP) is 4.07. The Bertz CT molecular complexity index is 1150. The molecular weight excluding hydrogens is 398 g/mol. The predicted molar refractivity (Wildman–Crippen MR) is 112 cm³/mol. The smallest absolute Gasteiger partial charge is 0.262 e. The molecule has 3 rings (SSSR count). The van der Waals surface area contributed by atoms with Gasteiger partial charge >= 0.3 is 0 Å². The molecule has 0 aliphatic heterocycles. The van der Waals surface area contributed by atoms with Crippen molar-refractivity contribution >= 4 is 48.3 Å². The highest BCUT2D eigenvalue weighted by Gasteiger charge is 2.19. The normalized spacial score (nSPS) is 11.4. The first-order valence-corrected chi connectivity index (χ1v) is 10.9. The molecular formula is C19H21N3O4S2. The van der Waals surface area contributed by atoms with Crippen LogP contribution >= 0.6 is 11.3 Å². The molecule has 1 aromatic heterocycles. The van der Waals surface area contributed by atoms with Crippen molar-refractivity contribution in [3.8, 4) is 5.75 Å². The van der Waals surface area contributed by atoms with Crippen LogP contribution in [-0.2, 0) is 14.8 Å². The van der Waals surface area contributed by atoms with Crippen LogP contribution in [0.15, 0.2) is 35.2 Å². The Morgan fingerprint density at radius 1 is 1.21 bits per heavy atom. The van der Waals surface area contributed by atoms with E-state index in [1.807, 2.05) is 13.0 Å². The van der Waals surface area contributed by atoms with Crippen LogP contribution in [0.5, 0.6) is 5.75 Å². The van der Waals surface area contributed by atoms with E-state index in [-0.39, 0.29) is 10.8 Å². The summed E-state index contributed by atoms with van der Waals surface area (Å²) in [6.07, 6.45) is 0.341. The zero-order valence-electron chi connectivity index (χ0n) is 16.0. The average Bonchev–Trinajstić information content (AvgIpc) is 3.02. The number of anilines is 2. The van der Waals surface area contributed by atoms with E-state index in [0.717, 1.165) is 5.56 Å². The summed E-state index contributed by atoms with van der Waals surface area (Å²) in [4.78, 5) is 16.2. The van der Waals surface area contributed by atoms with Crippen LogP contribution < -0.4 is 14.8 Å². The molecule has 7 nitrogen and oxygen atoms in total. The number of nitrogens with zero attached hydrogens (tertiary/aromatic N) is 1. The number of rotatable bonds is 6. The van der Waals surface area contributed by atoms with Gasteiger partial charge in [-0.25, -0.2) is 13.4 Å². The number of sulfonamides is 1. The van der Waals surface area contributed by atoms with Crippen molar-refractivity contribution in [2.24, 2.45) is 0 Å². The van der Waals surface area contributed by atoms with Gasteiger partial charge in [0.15, 0.2) is 5.13 Å². The lowest BCUT2D eigenvalue weighted by Gasteiger charge is -2.12. The van der Waals surface area contributed by atoms with Gasteiger partial charge in [0.2, 0.25) is 5.91 Å². The Morgan fingerprint density at radius 3 is 2.61 bits per heavy atom. The molecule has 0 aliphatic rings. The minimum Gasteiger partial charge on any atom is -0.494 e. The number of fused-ring (bicyclic) bond motifs is 1. The fourth-order valence-corrected chi connectivity index (χ4v) is 4.99. The second kappa shape index (κ2) is 7.76. The number of aromatic nitrogens is 1. The molecule has 9 heteroatoms. The number of amides is 1. The van der Waals surface area contributed by atoms with Gasteiger partial charge in [-0.2, -0.15) is 0 Å². The summed E-state index contributed by atoms with van der Waals surface area (Å²) < 4.78 is 34.3. The van der Waals surface area contributed by atoms with Crippen molar-refractivity contribution in [3.63, 3.8) is 0 Å². The zero-order chi connectivity index (χ0) is 20.5. The fraction of sp³-hybridized carbons (Fsp3) is 0.263. The Hall–Kier alpha value is -2.65. The SMILES string of the molecule is CCC(=O)Nc1nc2c(OC)cc(NS(=O)(=O)c3ccc(C)cc3C)cc2s1. The highest BCUT2D eigenvalue weighted by atomic mass is 32.2. The van der Waals surface area contributed by atoms with Gasteiger partial charge in [0.1, 0.15) is 11.3 Å². The van der Waals surface area contributed by atoms with Gasteiger partial charge in [-0.15, -0.1) is 0 Å². The number of thiazole rings is 1. The molecule has 0 saturated carbocycles. The molecule has 0 spiro atoms. The maximum Gasteiger partial charge on any atom is 0.262 e. The second-order valence-electron chi connectivity index (χ2n) is 6.32. The highest BCUT2D eigenvalue weighted by Crippen LogP contribution is 2.36. The number of methoxy groups -OCH3 is 1. The number of hydrogen-bond acceptors (Lipinski definition) is 6. The molecule has 148 valence electrons. The second-order valence-corrected chi connectivity index (χ2v) is 9.00. The lowest BCUT2D eigenvalue weighted by Crippen LogP contribution is -2.14. The van der Waals surface area contributed by atoms with Gasteiger partial charge < -0.3 is 10.1 Å². The quantitative estimate of drug-likeness (QED) is 0.628. The first kappa shape index (κ1) is 20.1. The molecule has 0 unspecified atom stereocenters. The average molecular weight is 420 g/mol. The van der Waals surface area contributed by atoms with E-state index in [2.05, 4.69) is 15.0 Å². The number of aryl methyl sites for hydroxylation is 2. The van der Waals surface area contributed by atoms with E-state index in [0.29, 0.717) is 38.8 Å². The topological polar surface area (TPSA) is 97.4 Å². The molecule has 0 bridgehead atoms. The number of ether oxygens (including phenoxy) is 1. The van der Waals surface area contributed by atoms with Crippen LogP contribution in [0.3, 0.4) is 0 Å². The third-order valence-corrected chi connectivity index (χ3v) is 6.58. The van der Waals surface area contributed by atoms with Crippen molar-refractivity contribution in [1.82, 2.24) is 4.98 Å². The van der Waals surface area contributed by atoms with E-state index in [1.165, 1.54) is 18.4 Å². The number of hydrogen-bond donors (Lipinski definition) is 2. The molecule has 0 fully saturated rings. The van der Waals surface area contributed by atoms with E-state index in [4.69, 9.17) is 4.74 Å². The van der Waals surface area contributed by atoms with Crippen LogP contribution in [0.2, 0.25) is 0 Å². The van der Waals surface area contributed by atoms with E-state index < -0.39 is 10.0 Å². The number of carbonyl (C=O) groups is 1. The lowest BCUT2D eigenvalue weighted by molar-refractivity contribution is -0.115. The molecule has 3 aromatic rings. The monoisotopic (exact) mass is 419 g/mol. The zero-order valence-corrected chi connectivity index (χ0v) is 17.6. The van der Waals surface area contributed by atoms with Crippen molar-refractivity contribution in [3.05, 3.63) is 41.5 Å². The molecule has 2 N–H and O–H groups in total. The molecule has 0 atom stereocenters. The maximum absolute atomic E-state index is 12.8. The summed E-state index contributed by atoms with van der Waals surface area (Å²) >= 11 is 1.25. The Balaban J connectivity index is 1.99. The third-order valence-electron chi connectivity index (χ3n) is 4.12. The lowest BCUT2D eigenvalue weighted by atomic mass is 10.2. The first-order valence-electron chi connectivity index (χ1n) is 8.62. The largest absolute Gasteiger partial charge is 0.494 e. The van der Waals surface area contributed by atoms with Crippen LogP contribution in [-0.4, -0.2) is 26.4 Å². The fourth-order valence-electron chi connectivity index (χ4n) is 2.79. The van der Waals surface area contributed by atoms with Gasteiger partial charge in [0, 0.05) is 12.5 Å². The van der Waals surface area contributed by atoms with E-state index in [9.17, 15) is 13.2 Å². The minimum absolute atomic E-state index is 0.145. The summed E-state index contributed by atoms with van der Waals surface area (Å²) in [5.41, 5.74) is 2.59. The van der Waals surface area contributed by atoms with Gasteiger partial charge in [0.25, 0.3) is 10.0 Å². The molecule has 28 heavy (non-hydrogen) atoms. The van der Waals surface area contributed by atoms with Gasteiger partial charge in [-0.1, -0.05) is 36.0 Å². The van der Waals surface area contributed by atoms with Gasteiger partial charge in [0.05, 0.1) is 22.4 Å².